The first-order valence-electron chi connectivity index (χ1n) is 10.7. The van der Waals surface area contributed by atoms with Gasteiger partial charge in [-0.2, -0.15) is 4.31 Å². The maximum Gasteiger partial charge on any atom is 0.261 e. The Morgan fingerprint density at radius 1 is 1.06 bits per heavy atom. The highest BCUT2D eigenvalue weighted by molar-refractivity contribution is 7.89. The lowest BCUT2D eigenvalue weighted by Crippen LogP contribution is -2.49. The van der Waals surface area contributed by atoms with Crippen LogP contribution in [0.3, 0.4) is 0 Å². The molecule has 1 saturated heterocycles. The Balaban J connectivity index is 1.54. The number of nitrogens with two attached hydrogens (primary N) is 1. The molecule has 1 fully saturated rings. The molecule has 0 bridgehead atoms. The van der Waals surface area contributed by atoms with Gasteiger partial charge in [0.05, 0.1) is 22.3 Å². The molecule has 10 heteroatoms. The van der Waals surface area contributed by atoms with Crippen molar-refractivity contribution in [2.24, 2.45) is 5.73 Å². The van der Waals surface area contributed by atoms with Crippen LogP contribution in [0.1, 0.15) is 17.0 Å². The summed E-state index contributed by atoms with van der Waals surface area (Å²) in [6.45, 7) is 5.39. The molecule has 0 saturated carbocycles. The first-order valence-corrected chi connectivity index (χ1v) is 12.2. The summed E-state index contributed by atoms with van der Waals surface area (Å²) >= 11 is 0. The predicted octanol–water partition coefficient (Wildman–Crippen LogP) is 1.01. The van der Waals surface area contributed by atoms with Crippen LogP contribution >= 0.6 is 0 Å². The average Bonchev–Trinajstić information content (AvgIpc) is 2.76. The van der Waals surface area contributed by atoms with Gasteiger partial charge in [-0.15, -0.1) is 0 Å². The SMILES string of the molecule is Cc1ccc(S(=O)(=O)N2CCN(Cc3nc4ccccc4c(=O)n3CC(N)=O)CC2)c(C)c1. The number of sulfonamides is 1. The number of aromatic nitrogens is 2. The second-order valence-corrected chi connectivity index (χ2v) is 10.3. The van der Waals surface area contributed by atoms with E-state index in [1.807, 2.05) is 17.9 Å². The molecule has 33 heavy (non-hydrogen) atoms. The van der Waals surface area contributed by atoms with E-state index in [-0.39, 0.29) is 12.1 Å². The Kier molecular flexibility index (Phi) is 6.33. The number of amides is 1. The summed E-state index contributed by atoms with van der Waals surface area (Å²) in [5, 5.41) is 0.423. The fourth-order valence-corrected chi connectivity index (χ4v) is 5.84. The molecular formula is C23H27N5O4S. The van der Waals surface area contributed by atoms with Crippen LogP contribution in [0, 0.1) is 13.8 Å². The molecule has 0 unspecified atom stereocenters. The smallest absolute Gasteiger partial charge is 0.261 e. The van der Waals surface area contributed by atoms with Gasteiger partial charge >= 0.3 is 0 Å². The van der Waals surface area contributed by atoms with Crippen molar-refractivity contribution >= 4 is 26.8 Å². The molecule has 1 amide bonds. The predicted molar refractivity (Wildman–Crippen MR) is 125 cm³/mol. The summed E-state index contributed by atoms with van der Waals surface area (Å²) in [5.74, 6) is -0.192. The lowest BCUT2D eigenvalue weighted by Gasteiger charge is -2.34. The Bertz CT molecular complexity index is 1380. The highest BCUT2D eigenvalue weighted by atomic mass is 32.2. The quantitative estimate of drug-likeness (QED) is 0.576. The third-order valence-electron chi connectivity index (χ3n) is 5.90. The van der Waals surface area contributed by atoms with E-state index < -0.39 is 15.9 Å². The van der Waals surface area contributed by atoms with Gasteiger partial charge in [0.15, 0.2) is 0 Å². The van der Waals surface area contributed by atoms with E-state index in [0.717, 1.165) is 11.1 Å². The molecule has 9 nitrogen and oxygen atoms in total. The molecule has 0 spiro atoms. The van der Waals surface area contributed by atoms with E-state index in [0.29, 0.717) is 54.3 Å². The third kappa shape index (κ3) is 4.68. The van der Waals surface area contributed by atoms with Crippen LogP contribution < -0.4 is 11.3 Å². The van der Waals surface area contributed by atoms with Crippen molar-refractivity contribution < 1.29 is 13.2 Å². The van der Waals surface area contributed by atoms with Gasteiger partial charge in [-0.05, 0) is 37.6 Å². The van der Waals surface area contributed by atoms with E-state index >= 15 is 0 Å². The zero-order valence-electron chi connectivity index (χ0n) is 18.7. The lowest BCUT2D eigenvalue weighted by molar-refractivity contribution is -0.118. The van der Waals surface area contributed by atoms with Crippen molar-refractivity contribution in [1.82, 2.24) is 18.8 Å². The van der Waals surface area contributed by atoms with Crippen molar-refractivity contribution in [1.29, 1.82) is 0 Å². The molecule has 4 rings (SSSR count). The highest BCUT2D eigenvalue weighted by Gasteiger charge is 2.30. The fraction of sp³-hybridized carbons (Fsp3) is 0.348. The highest BCUT2D eigenvalue weighted by Crippen LogP contribution is 2.22. The molecule has 3 aromatic rings. The number of fused-ring (bicyclic) bond motifs is 1. The minimum Gasteiger partial charge on any atom is -0.368 e. The number of hydrogen-bond acceptors (Lipinski definition) is 6. The van der Waals surface area contributed by atoms with Gasteiger partial charge in [0.2, 0.25) is 15.9 Å². The fourth-order valence-electron chi connectivity index (χ4n) is 4.21. The van der Waals surface area contributed by atoms with Gasteiger partial charge in [-0.25, -0.2) is 13.4 Å². The largest absolute Gasteiger partial charge is 0.368 e. The molecule has 1 aliphatic rings. The Morgan fingerprint density at radius 2 is 1.76 bits per heavy atom. The number of carbonyl (C=O) groups excluding carboxylic acids is 1. The number of piperazine rings is 1. The second kappa shape index (κ2) is 9.05. The van der Waals surface area contributed by atoms with Crippen molar-refractivity contribution in [2.75, 3.05) is 26.2 Å². The molecule has 1 aliphatic heterocycles. The summed E-state index contributed by atoms with van der Waals surface area (Å²) in [6, 6.07) is 12.3. The Morgan fingerprint density at radius 3 is 2.42 bits per heavy atom. The minimum atomic E-state index is -3.59. The van der Waals surface area contributed by atoms with Gasteiger partial charge in [0.1, 0.15) is 12.4 Å². The molecule has 174 valence electrons. The van der Waals surface area contributed by atoms with E-state index in [4.69, 9.17) is 5.73 Å². The summed E-state index contributed by atoms with van der Waals surface area (Å²) < 4.78 is 29.1. The molecule has 2 aromatic carbocycles. The third-order valence-corrected chi connectivity index (χ3v) is 7.96. The number of para-hydroxylation sites is 1. The van der Waals surface area contributed by atoms with E-state index in [9.17, 15) is 18.0 Å². The molecule has 0 atom stereocenters. The maximum absolute atomic E-state index is 13.1. The molecule has 2 heterocycles. The minimum absolute atomic E-state index is 0.257. The zero-order valence-corrected chi connectivity index (χ0v) is 19.5. The number of rotatable bonds is 6. The first-order chi connectivity index (χ1) is 15.7. The lowest BCUT2D eigenvalue weighted by atomic mass is 10.2. The van der Waals surface area contributed by atoms with Gasteiger partial charge in [0, 0.05) is 26.2 Å². The van der Waals surface area contributed by atoms with Crippen LogP contribution in [-0.2, 0) is 27.9 Å². The van der Waals surface area contributed by atoms with E-state index in [1.165, 1.54) is 8.87 Å². The summed E-state index contributed by atoms with van der Waals surface area (Å²) in [5.41, 5.74) is 7.35. The van der Waals surface area contributed by atoms with Crippen molar-refractivity contribution in [3.05, 3.63) is 69.8 Å². The molecule has 0 aliphatic carbocycles. The van der Waals surface area contributed by atoms with Gasteiger partial charge in [0.25, 0.3) is 5.56 Å². The van der Waals surface area contributed by atoms with Crippen LogP contribution in [0.4, 0.5) is 0 Å². The standard InChI is InChI=1S/C23H27N5O4S/c1-16-7-8-20(17(2)13-16)33(31,32)27-11-9-26(10-12-27)15-22-25-19-6-4-3-5-18(19)23(30)28(22)14-21(24)29/h3-8,13H,9-12,14-15H2,1-2H3,(H2,24,29). The van der Waals surface area contributed by atoms with Crippen molar-refractivity contribution in [3.8, 4) is 0 Å². The molecule has 1 aromatic heterocycles. The number of primary amides is 1. The molecule has 2 N–H and O–H groups in total. The maximum atomic E-state index is 13.1. The summed E-state index contributed by atoms with van der Waals surface area (Å²) in [6.07, 6.45) is 0. The summed E-state index contributed by atoms with van der Waals surface area (Å²) in [7, 11) is -3.59. The van der Waals surface area contributed by atoms with Gasteiger partial charge in [-0.3, -0.25) is 19.1 Å². The van der Waals surface area contributed by atoms with E-state index in [2.05, 4.69) is 4.98 Å². The summed E-state index contributed by atoms with van der Waals surface area (Å²) in [4.78, 5) is 31.5. The number of carbonyl (C=O) groups is 1. The topological polar surface area (TPSA) is 119 Å². The van der Waals surface area contributed by atoms with Gasteiger partial charge < -0.3 is 5.73 Å². The normalized spacial score (nSPS) is 15.7. The number of benzene rings is 2. The monoisotopic (exact) mass is 469 g/mol. The van der Waals surface area contributed by atoms with Crippen LogP contribution in [-0.4, -0.2) is 59.3 Å². The Labute approximate surface area is 192 Å². The average molecular weight is 470 g/mol. The van der Waals surface area contributed by atoms with E-state index in [1.54, 1.807) is 43.3 Å². The zero-order chi connectivity index (χ0) is 23.8. The molecular weight excluding hydrogens is 442 g/mol. The van der Waals surface area contributed by atoms with Crippen LogP contribution in [0.2, 0.25) is 0 Å². The number of nitrogens with zero attached hydrogens (tertiary/aromatic N) is 4. The molecule has 0 radical (unpaired) electrons. The van der Waals surface area contributed by atoms with Crippen LogP contribution in [0.15, 0.2) is 52.2 Å². The Hall–Kier alpha value is -3.08. The second-order valence-electron chi connectivity index (χ2n) is 8.35. The van der Waals surface area contributed by atoms with Crippen molar-refractivity contribution in [3.63, 3.8) is 0 Å². The number of hydrogen-bond donors (Lipinski definition) is 1. The first kappa shape index (κ1) is 23.1. The van der Waals surface area contributed by atoms with Crippen molar-refractivity contribution in [2.45, 2.75) is 31.8 Å². The van der Waals surface area contributed by atoms with Crippen LogP contribution in [0.25, 0.3) is 10.9 Å². The van der Waals surface area contributed by atoms with Crippen LogP contribution in [0.5, 0.6) is 0 Å². The number of aryl methyl sites for hydroxylation is 2. The van der Waals surface area contributed by atoms with Gasteiger partial charge in [-0.1, -0.05) is 29.8 Å².